The molecule has 0 unspecified atom stereocenters. The van der Waals surface area contributed by atoms with Crippen LogP contribution < -0.4 is 0 Å². The van der Waals surface area contributed by atoms with Crippen LogP contribution in [0.2, 0.25) is 0 Å². The van der Waals surface area contributed by atoms with Gasteiger partial charge in [-0.2, -0.15) is 0 Å². The van der Waals surface area contributed by atoms with Gasteiger partial charge < -0.3 is 0 Å². The first-order chi connectivity index (χ1) is 5.26. The second-order valence-electron chi connectivity index (χ2n) is 1.76. The van der Waals surface area contributed by atoms with Gasteiger partial charge in [-0.15, -0.1) is 0 Å². The van der Waals surface area contributed by atoms with Crippen molar-refractivity contribution in [1.29, 1.82) is 0 Å². The Labute approximate surface area is 74.4 Å². The molecule has 0 spiro atoms. The summed E-state index contributed by atoms with van der Waals surface area (Å²) in [5, 5.41) is 0.688. The number of halogens is 1. The van der Waals surface area contributed by atoms with Crippen molar-refractivity contribution in [2.45, 2.75) is 40.5 Å². The lowest BCUT2D eigenvalue weighted by Gasteiger charge is -1.95. The van der Waals surface area contributed by atoms with E-state index in [-0.39, 0.29) is 0 Å². The third-order valence-electron chi connectivity index (χ3n) is 1.18. The van der Waals surface area contributed by atoms with E-state index in [1.54, 1.807) is 0 Å². The number of hydrogen-bond donors (Lipinski definition) is 0. The highest BCUT2D eigenvalue weighted by Gasteiger charge is 1.96. The molecule has 2 heteroatoms. The summed E-state index contributed by atoms with van der Waals surface area (Å²) in [5.41, 5.74) is 0.721. The lowest BCUT2D eigenvalue weighted by Crippen LogP contribution is -1.84. The molecule has 0 atom stereocenters. The molecule has 66 valence electrons. The fraction of sp³-hybridized carbons (Fsp3) is 0.667. The molecular formula is C9H17ClO. The van der Waals surface area contributed by atoms with Gasteiger partial charge in [-0.25, -0.2) is 0 Å². The van der Waals surface area contributed by atoms with Gasteiger partial charge in [-0.1, -0.05) is 39.3 Å². The molecule has 0 bridgehead atoms. The Morgan fingerprint density at radius 3 is 1.82 bits per heavy atom. The Kier molecular flexibility index (Phi) is 11.7. The summed E-state index contributed by atoms with van der Waals surface area (Å²) in [4.78, 5) is 10.2. The molecule has 0 aromatic carbocycles. The van der Waals surface area contributed by atoms with Crippen molar-refractivity contribution < 1.29 is 4.79 Å². The van der Waals surface area contributed by atoms with E-state index < -0.39 is 0 Å². The molecule has 0 aliphatic rings. The summed E-state index contributed by atoms with van der Waals surface area (Å²) < 4.78 is 0. The summed E-state index contributed by atoms with van der Waals surface area (Å²) in [6.45, 7) is 7.85. The van der Waals surface area contributed by atoms with Crippen LogP contribution in [0.3, 0.4) is 0 Å². The SMILES string of the molecule is CC.CC/C(Cl)=C(/C=O)CC. The van der Waals surface area contributed by atoms with Gasteiger partial charge in [-0.3, -0.25) is 4.79 Å². The van der Waals surface area contributed by atoms with Crippen LogP contribution in [0, 0.1) is 0 Å². The molecular weight excluding hydrogens is 160 g/mol. The number of carbonyl (C=O) groups excluding carboxylic acids is 1. The van der Waals surface area contributed by atoms with E-state index in [1.165, 1.54) is 0 Å². The standard InChI is InChI=1S/C7H11ClO.C2H6/c1-3-6(5-9)7(8)4-2;1-2/h5H,3-4H2,1-2H3;1-2H3/b7-6-;. The largest absolute Gasteiger partial charge is 0.298 e. The Morgan fingerprint density at radius 1 is 1.27 bits per heavy atom. The van der Waals surface area contributed by atoms with Gasteiger partial charge in [-0.05, 0) is 12.8 Å². The molecule has 0 heterocycles. The second-order valence-corrected chi connectivity index (χ2v) is 2.21. The third-order valence-corrected chi connectivity index (χ3v) is 1.69. The van der Waals surface area contributed by atoms with E-state index in [4.69, 9.17) is 11.6 Å². The number of rotatable bonds is 3. The molecule has 0 fully saturated rings. The van der Waals surface area contributed by atoms with Crippen LogP contribution in [0.25, 0.3) is 0 Å². The average molecular weight is 177 g/mol. The maximum Gasteiger partial charge on any atom is 0.147 e. The first-order valence-electron chi connectivity index (χ1n) is 4.08. The van der Waals surface area contributed by atoms with E-state index in [0.29, 0.717) is 5.03 Å². The highest BCUT2D eigenvalue weighted by atomic mass is 35.5. The Bertz CT molecular complexity index is 128. The zero-order valence-corrected chi connectivity index (χ0v) is 8.53. The lowest BCUT2D eigenvalue weighted by molar-refractivity contribution is -0.105. The van der Waals surface area contributed by atoms with Crippen molar-refractivity contribution in [2.75, 3.05) is 0 Å². The lowest BCUT2D eigenvalue weighted by atomic mass is 10.2. The number of aldehydes is 1. The van der Waals surface area contributed by atoms with Gasteiger partial charge in [0.25, 0.3) is 0 Å². The fourth-order valence-corrected chi connectivity index (χ4v) is 0.744. The normalized spacial score (nSPS) is 11.0. The van der Waals surface area contributed by atoms with Crippen LogP contribution in [0.15, 0.2) is 10.6 Å². The summed E-state index contributed by atoms with van der Waals surface area (Å²) in [5.74, 6) is 0. The van der Waals surface area contributed by atoms with Crippen LogP contribution >= 0.6 is 11.6 Å². The van der Waals surface area contributed by atoms with Crippen LogP contribution in [0.1, 0.15) is 40.5 Å². The smallest absolute Gasteiger partial charge is 0.147 e. The van der Waals surface area contributed by atoms with E-state index in [9.17, 15) is 4.79 Å². The molecule has 0 aliphatic heterocycles. The minimum Gasteiger partial charge on any atom is -0.298 e. The Morgan fingerprint density at radius 2 is 1.73 bits per heavy atom. The molecule has 0 aliphatic carbocycles. The molecule has 1 nitrogen and oxygen atoms in total. The molecule has 0 rings (SSSR count). The first kappa shape index (κ1) is 13.3. The topological polar surface area (TPSA) is 17.1 Å². The minimum absolute atomic E-state index is 0.688. The molecule has 0 aromatic heterocycles. The van der Waals surface area contributed by atoms with Crippen molar-refractivity contribution in [3.63, 3.8) is 0 Å². The van der Waals surface area contributed by atoms with Crippen molar-refractivity contribution >= 4 is 17.9 Å². The van der Waals surface area contributed by atoms with Crippen molar-refractivity contribution in [2.24, 2.45) is 0 Å². The van der Waals surface area contributed by atoms with Crippen LogP contribution in [0.4, 0.5) is 0 Å². The molecule has 0 N–H and O–H groups in total. The highest BCUT2D eigenvalue weighted by Crippen LogP contribution is 2.13. The Hall–Kier alpha value is -0.300. The van der Waals surface area contributed by atoms with Crippen molar-refractivity contribution in [3.05, 3.63) is 10.6 Å². The van der Waals surface area contributed by atoms with E-state index in [0.717, 1.165) is 24.7 Å². The summed E-state index contributed by atoms with van der Waals surface area (Å²) >= 11 is 5.68. The predicted molar refractivity (Wildman–Crippen MR) is 50.9 cm³/mol. The van der Waals surface area contributed by atoms with Gasteiger partial charge in [0.15, 0.2) is 0 Å². The van der Waals surface area contributed by atoms with Gasteiger partial charge >= 0.3 is 0 Å². The minimum atomic E-state index is 0.688. The van der Waals surface area contributed by atoms with E-state index >= 15 is 0 Å². The maximum atomic E-state index is 10.2. The van der Waals surface area contributed by atoms with Gasteiger partial charge in [0, 0.05) is 10.6 Å². The van der Waals surface area contributed by atoms with E-state index in [1.807, 2.05) is 27.7 Å². The van der Waals surface area contributed by atoms with Gasteiger partial charge in [0.1, 0.15) is 6.29 Å². The highest BCUT2D eigenvalue weighted by molar-refractivity contribution is 6.31. The average Bonchev–Trinajstić information content (AvgIpc) is 2.10. The number of hydrogen-bond acceptors (Lipinski definition) is 1. The molecule has 0 radical (unpaired) electrons. The maximum absolute atomic E-state index is 10.2. The van der Waals surface area contributed by atoms with Crippen LogP contribution in [-0.4, -0.2) is 6.29 Å². The predicted octanol–water partition coefficient (Wildman–Crippen LogP) is 3.52. The van der Waals surface area contributed by atoms with Crippen molar-refractivity contribution in [1.82, 2.24) is 0 Å². The summed E-state index contributed by atoms with van der Waals surface area (Å²) in [6, 6.07) is 0. The Balaban J connectivity index is 0. The number of carbonyl (C=O) groups is 1. The number of allylic oxidation sites excluding steroid dienone is 2. The fourth-order valence-electron chi connectivity index (χ4n) is 0.566. The molecule has 11 heavy (non-hydrogen) atoms. The molecule has 0 saturated carbocycles. The van der Waals surface area contributed by atoms with Crippen LogP contribution in [-0.2, 0) is 4.79 Å². The summed E-state index contributed by atoms with van der Waals surface area (Å²) in [6.07, 6.45) is 2.31. The quantitative estimate of drug-likeness (QED) is 0.475. The third kappa shape index (κ3) is 6.11. The molecule has 0 aromatic rings. The summed E-state index contributed by atoms with van der Waals surface area (Å²) in [7, 11) is 0. The zero-order chi connectivity index (χ0) is 9.28. The van der Waals surface area contributed by atoms with Gasteiger partial charge in [0.2, 0.25) is 0 Å². The first-order valence-corrected chi connectivity index (χ1v) is 4.46. The monoisotopic (exact) mass is 176 g/mol. The zero-order valence-electron chi connectivity index (χ0n) is 7.78. The van der Waals surface area contributed by atoms with Crippen LogP contribution in [0.5, 0.6) is 0 Å². The molecule has 0 saturated heterocycles. The van der Waals surface area contributed by atoms with Gasteiger partial charge in [0.05, 0.1) is 0 Å². The molecule has 0 amide bonds. The van der Waals surface area contributed by atoms with E-state index in [2.05, 4.69) is 0 Å². The second kappa shape index (κ2) is 9.70. The van der Waals surface area contributed by atoms with Crippen molar-refractivity contribution in [3.8, 4) is 0 Å².